The minimum absolute atomic E-state index is 0.0788. The largest absolute Gasteiger partial charge is 0.481 e. The summed E-state index contributed by atoms with van der Waals surface area (Å²) in [6.45, 7) is 0. The second-order valence-corrected chi connectivity index (χ2v) is 8.19. The molecule has 4 rings (SSSR count). The van der Waals surface area contributed by atoms with Crippen molar-refractivity contribution in [1.29, 1.82) is 0 Å². The first-order valence-corrected chi connectivity index (χ1v) is 10.7. The molecule has 0 aliphatic carbocycles. The van der Waals surface area contributed by atoms with E-state index >= 15 is 0 Å². The van der Waals surface area contributed by atoms with Gasteiger partial charge in [0.15, 0.2) is 6.10 Å². The smallest absolute Gasteiger partial charge is 0.303 e. The Labute approximate surface area is 192 Å². The van der Waals surface area contributed by atoms with E-state index in [1.54, 1.807) is 35.0 Å². The van der Waals surface area contributed by atoms with Crippen molar-refractivity contribution in [3.63, 3.8) is 0 Å². The van der Waals surface area contributed by atoms with Gasteiger partial charge in [0, 0.05) is 22.2 Å². The Balaban J connectivity index is 1.54. The van der Waals surface area contributed by atoms with E-state index in [1.165, 1.54) is 0 Å². The van der Waals surface area contributed by atoms with Crippen molar-refractivity contribution in [3.8, 4) is 17.0 Å². The molecule has 8 nitrogen and oxygen atoms in total. The van der Waals surface area contributed by atoms with Gasteiger partial charge in [0.25, 0.3) is 5.91 Å². The van der Waals surface area contributed by atoms with Crippen LogP contribution >= 0.6 is 15.9 Å². The number of carbonyl (C=O) groups excluding carboxylic acids is 2. The molecule has 2 heterocycles. The number of carbonyl (C=O) groups is 3. The van der Waals surface area contributed by atoms with Crippen LogP contribution in [-0.4, -0.2) is 33.7 Å². The topological polar surface area (TPSA) is 110 Å². The predicted octanol–water partition coefficient (Wildman–Crippen LogP) is 3.79. The van der Waals surface area contributed by atoms with E-state index < -0.39 is 23.9 Å². The third-order valence-electron chi connectivity index (χ3n) is 5.01. The third kappa shape index (κ3) is 4.83. The van der Waals surface area contributed by atoms with E-state index in [0.717, 1.165) is 10.0 Å². The average Bonchev–Trinajstić information content (AvgIpc) is 3.15. The van der Waals surface area contributed by atoms with E-state index in [4.69, 9.17) is 9.84 Å². The first kappa shape index (κ1) is 21.6. The number of ether oxygens (including phenoxy) is 1. The third-order valence-corrected chi connectivity index (χ3v) is 5.54. The molecule has 1 aliphatic heterocycles. The number of carboxylic acids is 1. The zero-order valence-electron chi connectivity index (χ0n) is 16.9. The summed E-state index contributed by atoms with van der Waals surface area (Å²) in [7, 11) is 0. The molecule has 0 bridgehead atoms. The Kier molecular flexibility index (Phi) is 6.27. The molecule has 0 saturated heterocycles. The van der Waals surface area contributed by atoms with Crippen LogP contribution in [0.4, 0.5) is 5.69 Å². The number of fused-ring (bicyclic) bond motifs is 1. The normalized spacial score (nSPS) is 14.8. The van der Waals surface area contributed by atoms with Crippen molar-refractivity contribution in [1.82, 2.24) is 4.68 Å². The quantitative estimate of drug-likeness (QED) is 0.459. The Hall–Kier alpha value is -3.59. The lowest BCUT2D eigenvalue weighted by molar-refractivity contribution is -0.137. The zero-order valence-corrected chi connectivity index (χ0v) is 18.5. The molecule has 2 aromatic carbocycles. The van der Waals surface area contributed by atoms with E-state index in [9.17, 15) is 14.4 Å². The molecule has 1 atom stereocenters. The van der Waals surface area contributed by atoms with E-state index in [0.29, 0.717) is 22.8 Å². The maximum Gasteiger partial charge on any atom is 0.303 e. The summed E-state index contributed by atoms with van der Waals surface area (Å²) < 4.78 is 8.19. The highest BCUT2D eigenvalue weighted by Crippen LogP contribution is 2.30. The van der Waals surface area contributed by atoms with Crippen LogP contribution in [-0.2, 0) is 20.8 Å². The fourth-order valence-corrected chi connectivity index (χ4v) is 3.72. The maximum atomic E-state index is 12.8. The van der Waals surface area contributed by atoms with Crippen molar-refractivity contribution >= 4 is 39.4 Å². The number of aromatic nitrogens is 1. The van der Waals surface area contributed by atoms with Gasteiger partial charge in [-0.1, -0.05) is 40.2 Å². The number of nitrogens with zero attached hydrogens (tertiary/aromatic N) is 1. The van der Waals surface area contributed by atoms with Crippen LogP contribution in [0.2, 0.25) is 0 Å². The first-order chi connectivity index (χ1) is 15.4. The van der Waals surface area contributed by atoms with E-state index in [2.05, 4.69) is 26.7 Å². The predicted molar refractivity (Wildman–Crippen MR) is 122 cm³/mol. The number of benzene rings is 2. The zero-order chi connectivity index (χ0) is 22.7. The van der Waals surface area contributed by atoms with Gasteiger partial charge in [-0.15, -0.1) is 0 Å². The van der Waals surface area contributed by atoms with Crippen LogP contribution < -0.4 is 15.5 Å². The Morgan fingerprint density at radius 2 is 1.84 bits per heavy atom. The SMILES string of the molecule is O=C(O)CCc1ccc(-c2ccc(Br)cc2)n1NC(=O)C[C@H]1Oc2ccccc2NC1=O. The summed E-state index contributed by atoms with van der Waals surface area (Å²) in [6.07, 6.45) is -1.01. The van der Waals surface area contributed by atoms with Gasteiger partial charge >= 0.3 is 5.97 Å². The molecule has 2 amide bonds. The number of hydrogen-bond acceptors (Lipinski definition) is 4. The summed E-state index contributed by atoms with van der Waals surface area (Å²) in [5, 5.41) is 11.8. The minimum atomic E-state index is -0.973. The van der Waals surface area contributed by atoms with Gasteiger partial charge < -0.3 is 15.2 Å². The number of amides is 2. The molecule has 3 aromatic rings. The monoisotopic (exact) mass is 497 g/mol. The minimum Gasteiger partial charge on any atom is -0.481 e. The highest BCUT2D eigenvalue weighted by atomic mass is 79.9. The molecule has 3 N–H and O–H groups in total. The van der Waals surface area contributed by atoms with Gasteiger partial charge in [0.05, 0.1) is 24.2 Å². The fourth-order valence-electron chi connectivity index (χ4n) is 3.45. The number of para-hydroxylation sites is 2. The number of aliphatic carboxylic acids is 1. The Morgan fingerprint density at radius 1 is 1.09 bits per heavy atom. The number of rotatable bonds is 7. The van der Waals surface area contributed by atoms with E-state index in [1.807, 2.05) is 30.3 Å². The summed E-state index contributed by atoms with van der Waals surface area (Å²) in [6, 6.07) is 18.1. The number of halogens is 1. The second-order valence-electron chi connectivity index (χ2n) is 7.28. The van der Waals surface area contributed by atoms with Crippen LogP contribution in [0.15, 0.2) is 65.1 Å². The number of anilines is 1. The number of aryl methyl sites for hydroxylation is 1. The number of carboxylic acid groups (broad SMARTS) is 1. The van der Waals surface area contributed by atoms with Gasteiger partial charge in [-0.25, -0.2) is 0 Å². The molecule has 0 radical (unpaired) electrons. The molecule has 0 saturated carbocycles. The van der Waals surface area contributed by atoms with Crippen molar-refractivity contribution in [2.24, 2.45) is 0 Å². The maximum absolute atomic E-state index is 12.8. The summed E-state index contributed by atoms with van der Waals surface area (Å²) in [5.41, 5.74) is 5.54. The fraction of sp³-hybridized carbons (Fsp3) is 0.174. The molecule has 0 unspecified atom stereocenters. The molecule has 1 aliphatic rings. The molecule has 1 aromatic heterocycles. The lowest BCUT2D eigenvalue weighted by Gasteiger charge is -2.25. The standard InChI is InChI=1S/C23H20BrN3O5/c24-15-7-5-14(6-8-15)18-11-9-16(10-12-22(29)30)27(18)26-21(28)13-20-23(31)25-17-3-1-2-4-19(17)32-20/h1-9,11,20H,10,12-13H2,(H,25,31)(H,26,28)(H,29,30)/t20-/m1/s1. The van der Waals surface area contributed by atoms with E-state index in [-0.39, 0.29) is 19.3 Å². The Bertz CT molecular complexity index is 1170. The molecular formula is C23H20BrN3O5. The molecule has 164 valence electrons. The lowest BCUT2D eigenvalue weighted by atomic mass is 10.1. The Morgan fingerprint density at radius 3 is 2.59 bits per heavy atom. The van der Waals surface area contributed by atoms with Crippen LogP contribution in [0.5, 0.6) is 5.75 Å². The van der Waals surface area contributed by atoms with Crippen molar-refractivity contribution in [2.75, 3.05) is 10.7 Å². The highest BCUT2D eigenvalue weighted by molar-refractivity contribution is 9.10. The lowest BCUT2D eigenvalue weighted by Crippen LogP contribution is -2.40. The summed E-state index contributed by atoms with van der Waals surface area (Å²) >= 11 is 3.40. The van der Waals surface area contributed by atoms with Gasteiger partial charge in [0.2, 0.25) is 5.91 Å². The van der Waals surface area contributed by atoms with Crippen LogP contribution in [0.1, 0.15) is 18.5 Å². The van der Waals surface area contributed by atoms with Crippen molar-refractivity contribution in [3.05, 3.63) is 70.8 Å². The second kappa shape index (κ2) is 9.27. The summed E-state index contributed by atoms with van der Waals surface area (Å²) in [5.74, 6) is -1.26. The van der Waals surface area contributed by atoms with Crippen LogP contribution in [0.3, 0.4) is 0 Å². The first-order valence-electron chi connectivity index (χ1n) is 9.95. The number of hydrogen-bond donors (Lipinski definition) is 3. The summed E-state index contributed by atoms with van der Waals surface area (Å²) in [4.78, 5) is 36.3. The molecule has 32 heavy (non-hydrogen) atoms. The highest BCUT2D eigenvalue weighted by Gasteiger charge is 2.30. The molecular weight excluding hydrogens is 478 g/mol. The number of nitrogens with one attached hydrogen (secondary N) is 2. The van der Waals surface area contributed by atoms with Crippen molar-refractivity contribution < 1.29 is 24.2 Å². The van der Waals surface area contributed by atoms with Crippen LogP contribution in [0.25, 0.3) is 11.3 Å². The van der Waals surface area contributed by atoms with Crippen LogP contribution in [0, 0.1) is 0 Å². The molecule has 9 heteroatoms. The average molecular weight is 498 g/mol. The van der Waals surface area contributed by atoms with Gasteiger partial charge in [-0.3, -0.25) is 24.5 Å². The van der Waals surface area contributed by atoms with Gasteiger partial charge in [-0.05, 0) is 36.4 Å². The molecule has 0 spiro atoms. The molecule has 0 fully saturated rings. The van der Waals surface area contributed by atoms with Gasteiger partial charge in [0.1, 0.15) is 5.75 Å². The van der Waals surface area contributed by atoms with Gasteiger partial charge in [-0.2, -0.15) is 0 Å². The van der Waals surface area contributed by atoms with Crippen molar-refractivity contribution in [2.45, 2.75) is 25.4 Å².